The van der Waals surface area contributed by atoms with Crippen LogP contribution in [-0.2, 0) is 10.0 Å². The van der Waals surface area contributed by atoms with Gasteiger partial charge in [-0.2, -0.15) is 0 Å². The van der Waals surface area contributed by atoms with Crippen LogP contribution < -0.4 is 4.72 Å². The molecule has 0 saturated carbocycles. The highest BCUT2D eigenvalue weighted by Crippen LogP contribution is 2.22. The molecule has 2 aromatic rings. The molecule has 0 spiro atoms. The van der Waals surface area contributed by atoms with Crippen LogP contribution in [0.1, 0.15) is 5.56 Å². The van der Waals surface area contributed by atoms with Gasteiger partial charge in [0.2, 0.25) is 0 Å². The summed E-state index contributed by atoms with van der Waals surface area (Å²) in [6.07, 6.45) is 4.32. The van der Waals surface area contributed by atoms with Gasteiger partial charge in [0.1, 0.15) is 4.90 Å². The van der Waals surface area contributed by atoms with Crippen LogP contribution in [0.15, 0.2) is 41.7 Å². The lowest BCUT2D eigenvalue weighted by atomic mass is 10.3. The van der Waals surface area contributed by atoms with Gasteiger partial charge in [0.05, 0.1) is 5.69 Å². The van der Waals surface area contributed by atoms with Gasteiger partial charge in [-0.15, -0.1) is 0 Å². The molecule has 0 aliphatic rings. The third-order valence-corrected chi connectivity index (χ3v) is 3.82. The van der Waals surface area contributed by atoms with Gasteiger partial charge in [-0.25, -0.2) is 13.4 Å². The Balaban J connectivity index is 2.37. The quantitative estimate of drug-likeness (QED) is 0.877. The number of aryl methyl sites for hydroxylation is 1. The SMILES string of the molecule is Cc1cnc(Cl)c(NS(=O)(=O)c2cccnc2)c1. The fourth-order valence-corrected chi connectivity index (χ4v) is 2.56. The lowest BCUT2D eigenvalue weighted by molar-refractivity contribution is 0.601. The van der Waals surface area contributed by atoms with Crippen LogP contribution in [-0.4, -0.2) is 18.4 Å². The first-order valence-electron chi connectivity index (χ1n) is 5.04. The molecule has 1 N–H and O–H groups in total. The summed E-state index contributed by atoms with van der Waals surface area (Å²) in [7, 11) is -3.69. The van der Waals surface area contributed by atoms with Crippen LogP contribution in [0.25, 0.3) is 0 Å². The summed E-state index contributed by atoms with van der Waals surface area (Å²) in [6.45, 7) is 1.80. The molecule has 7 heteroatoms. The first-order chi connectivity index (χ1) is 8.49. The van der Waals surface area contributed by atoms with Gasteiger partial charge in [-0.1, -0.05) is 11.6 Å². The van der Waals surface area contributed by atoms with E-state index in [2.05, 4.69) is 14.7 Å². The van der Waals surface area contributed by atoms with Crippen molar-refractivity contribution < 1.29 is 8.42 Å². The maximum absolute atomic E-state index is 12.0. The zero-order valence-corrected chi connectivity index (χ0v) is 11.0. The van der Waals surface area contributed by atoms with Crippen LogP contribution in [0, 0.1) is 6.92 Å². The number of rotatable bonds is 3. The van der Waals surface area contributed by atoms with E-state index in [1.165, 1.54) is 18.5 Å². The third kappa shape index (κ3) is 2.77. The number of aromatic nitrogens is 2. The monoisotopic (exact) mass is 283 g/mol. The topological polar surface area (TPSA) is 72.0 Å². The number of nitrogens with zero attached hydrogens (tertiary/aromatic N) is 2. The predicted molar refractivity (Wildman–Crippen MR) is 69.0 cm³/mol. The minimum absolute atomic E-state index is 0.0718. The molecule has 0 atom stereocenters. The van der Waals surface area contributed by atoms with Crippen molar-refractivity contribution in [3.8, 4) is 0 Å². The molecule has 5 nitrogen and oxygen atoms in total. The number of halogens is 1. The van der Waals surface area contributed by atoms with Crippen molar-refractivity contribution in [1.29, 1.82) is 0 Å². The molecule has 0 aliphatic heterocycles. The number of sulfonamides is 1. The molecular formula is C11H10ClN3O2S. The Morgan fingerprint density at radius 2 is 2.11 bits per heavy atom. The zero-order valence-electron chi connectivity index (χ0n) is 9.46. The number of pyridine rings is 2. The molecule has 0 bridgehead atoms. The first kappa shape index (κ1) is 12.8. The van der Waals surface area contributed by atoms with Gasteiger partial charge in [0.25, 0.3) is 10.0 Å². The van der Waals surface area contributed by atoms with Crippen molar-refractivity contribution in [2.75, 3.05) is 4.72 Å². The van der Waals surface area contributed by atoms with Crippen LogP contribution >= 0.6 is 11.6 Å². The molecule has 0 aromatic carbocycles. The Hall–Kier alpha value is -1.66. The number of anilines is 1. The summed E-state index contributed by atoms with van der Waals surface area (Å²) in [5.74, 6) is 0. The van der Waals surface area contributed by atoms with Crippen LogP contribution in [0.2, 0.25) is 5.15 Å². The van der Waals surface area contributed by atoms with E-state index in [0.717, 1.165) is 5.56 Å². The molecule has 2 rings (SSSR count). The minimum Gasteiger partial charge on any atom is -0.276 e. The second-order valence-electron chi connectivity index (χ2n) is 3.65. The molecule has 18 heavy (non-hydrogen) atoms. The summed E-state index contributed by atoms with van der Waals surface area (Å²) >= 11 is 5.84. The average molecular weight is 284 g/mol. The predicted octanol–water partition coefficient (Wildman–Crippen LogP) is 2.24. The Labute approximate surface area is 110 Å². The molecule has 2 heterocycles. The van der Waals surface area contributed by atoms with E-state index in [1.54, 1.807) is 25.3 Å². The Bertz CT molecular complexity index is 659. The molecule has 94 valence electrons. The van der Waals surface area contributed by atoms with Crippen LogP contribution in [0.4, 0.5) is 5.69 Å². The fraction of sp³-hybridized carbons (Fsp3) is 0.0909. The summed E-state index contributed by atoms with van der Waals surface area (Å²) in [5, 5.41) is 0.105. The Kier molecular flexibility index (Phi) is 3.49. The summed E-state index contributed by atoms with van der Waals surface area (Å²) in [5.41, 5.74) is 1.06. The van der Waals surface area contributed by atoms with Crippen molar-refractivity contribution in [1.82, 2.24) is 9.97 Å². The maximum Gasteiger partial charge on any atom is 0.263 e. The molecule has 0 unspecified atom stereocenters. The van der Waals surface area contributed by atoms with Crippen molar-refractivity contribution in [3.05, 3.63) is 47.5 Å². The van der Waals surface area contributed by atoms with Gasteiger partial charge >= 0.3 is 0 Å². The molecule has 0 radical (unpaired) electrons. The van der Waals surface area contributed by atoms with E-state index in [0.29, 0.717) is 0 Å². The van der Waals surface area contributed by atoms with Crippen LogP contribution in [0.3, 0.4) is 0 Å². The highest BCUT2D eigenvalue weighted by Gasteiger charge is 2.16. The molecule has 2 aromatic heterocycles. The summed E-state index contributed by atoms with van der Waals surface area (Å²) in [6, 6.07) is 4.61. The van der Waals surface area contributed by atoms with Gasteiger partial charge in [0.15, 0.2) is 5.15 Å². The number of hydrogen-bond donors (Lipinski definition) is 1. The fourth-order valence-electron chi connectivity index (χ4n) is 1.33. The van der Waals surface area contributed by atoms with E-state index in [4.69, 9.17) is 11.6 Å². The lowest BCUT2D eigenvalue weighted by Crippen LogP contribution is -2.13. The first-order valence-corrected chi connectivity index (χ1v) is 6.90. The second kappa shape index (κ2) is 4.91. The minimum atomic E-state index is -3.69. The van der Waals surface area contributed by atoms with Crippen molar-refractivity contribution in [2.45, 2.75) is 11.8 Å². The second-order valence-corrected chi connectivity index (χ2v) is 5.69. The van der Waals surface area contributed by atoms with E-state index in [-0.39, 0.29) is 15.7 Å². The van der Waals surface area contributed by atoms with E-state index >= 15 is 0 Å². The summed E-state index contributed by atoms with van der Waals surface area (Å²) in [4.78, 5) is 7.72. The molecule has 0 amide bonds. The number of nitrogens with one attached hydrogen (secondary N) is 1. The lowest BCUT2D eigenvalue weighted by Gasteiger charge is -2.09. The highest BCUT2D eigenvalue weighted by atomic mass is 35.5. The van der Waals surface area contributed by atoms with Crippen molar-refractivity contribution >= 4 is 27.3 Å². The van der Waals surface area contributed by atoms with E-state index in [1.807, 2.05) is 0 Å². The van der Waals surface area contributed by atoms with Gasteiger partial charge in [-0.05, 0) is 30.7 Å². The zero-order chi connectivity index (χ0) is 13.2. The van der Waals surface area contributed by atoms with Crippen molar-refractivity contribution in [2.24, 2.45) is 0 Å². The number of hydrogen-bond acceptors (Lipinski definition) is 4. The maximum atomic E-state index is 12.0. The average Bonchev–Trinajstić information content (AvgIpc) is 2.35. The van der Waals surface area contributed by atoms with Gasteiger partial charge in [0, 0.05) is 18.6 Å². The molecular weight excluding hydrogens is 274 g/mol. The third-order valence-electron chi connectivity index (χ3n) is 2.16. The Morgan fingerprint density at radius 3 is 2.78 bits per heavy atom. The Morgan fingerprint density at radius 1 is 1.33 bits per heavy atom. The van der Waals surface area contributed by atoms with Crippen molar-refractivity contribution in [3.63, 3.8) is 0 Å². The van der Waals surface area contributed by atoms with E-state index in [9.17, 15) is 8.42 Å². The standard InChI is InChI=1S/C11H10ClN3O2S/c1-8-5-10(11(12)14-6-8)15-18(16,17)9-3-2-4-13-7-9/h2-7,15H,1H3. The molecule has 0 fully saturated rings. The largest absolute Gasteiger partial charge is 0.276 e. The van der Waals surface area contributed by atoms with Gasteiger partial charge in [-0.3, -0.25) is 9.71 Å². The smallest absolute Gasteiger partial charge is 0.263 e. The molecule has 0 saturated heterocycles. The van der Waals surface area contributed by atoms with Gasteiger partial charge < -0.3 is 0 Å². The summed E-state index contributed by atoms with van der Waals surface area (Å²) < 4.78 is 26.4. The molecule has 0 aliphatic carbocycles. The van der Waals surface area contributed by atoms with E-state index < -0.39 is 10.0 Å². The normalized spacial score (nSPS) is 11.2. The van der Waals surface area contributed by atoms with Crippen LogP contribution in [0.5, 0.6) is 0 Å². The highest BCUT2D eigenvalue weighted by molar-refractivity contribution is 7.92.